The van der Waals surface area contributed by atoms with Gasteiger partial charge in [-0.2, -0.15) is 5.10 Å². The molecule has 1 amide bonds. The number of hydrogen-bond donors (Lipinski definition) is 0. The van der Waals surface area contributed by atoms with Gasteiger partial charge < -0.3 is 14.5 Å². The lowest BCUT2D eigenvalue weighted by molar-refractivity contribution is 0.0773. The summed E-state index contributed by atoms with van der Waals surface area (Å²) in [4.78, 5) is 27.3. The quantitative estimate of drug-likeness (QED) is 0.601. The van der Waals surface area contributed by atoms with E-state index < -0.39 is 0 Å². The van der Waals surface area contributed by atoms with E-state index in [1.807, 2.05) is 24.1 Å². The first-order valence-electron chi connectivity index (χ1n) is 12.0. The van der Waals surface area contributed by atoms with Crippen LogP contribution >= 0.6 is 0 Å². The van der Waals surface area contributed by atoms with Gasteiger partial charge >= 0.3 is 0 Å². The van der Waals surface area contributed by atoms with Crippen molar-refractivity contribution in [2.45, 2.75) is 32.6 Å². The number of hydrogen-bond acceptors (Lipinski definition) is 6. The number of aryl methyl sites for hydroxylation is 2. The van der Waals surface area contributed by atoms with Crippen LogP contribution in [0.15, 0.2) is 30.6 Å². The molecule has 4 heterocycles. The molecular weight excluding hydrogens is 428 g/mol. The van der Waals surface area contributed by atoms with E-state index in [4.69, 9.17) is 9.72 Å². The van der Waals surface area contributed by atoms with Gasteiger partial charge in [-0.3, -0.25) is 4.79 Å². The van der Waals surface area contributed by atoms with Crippen molar-refractivity contribution in [1.29, 1.82) is 0 Å². The molecule has 2 aromatic heterocycles. The molecule has 0 bridgehead atoms. The summed E-state index contributed by atoms with van der Waals surface area (Å²) in [6.45, 7) is 5.76. The van der Waals surface area contributed by atoms with Crippen molar-refractivity contribution in [2.75, 3.05) is 40.3 Å². The molecule has 8 heteroatoms. The van der Waals surface area contributed by atoms with Gasteiger partial charge in [-0.05, 0) is 75.5 Å². The van der Waals surface area contributed by atoms with Gasteiger partial charge in [0.05, 0.1) is 30.3 Å². The topological polar surface area (TPSA) is 76.4 Å². The Bertz CT molecular complexity index is 1280. The molecule has 6 rings (SSSR count). The van der Waals surface area contributed by atoms with Gasteiger partial charge in [0.15, 0.2) is 0 Å². The minimum atomic E-state index is 0.0607. The third-order valence-electron chi connectivity index (χ3n) is 7.87. The molecule has 0 saturated carbocycles. The molecule has 2 saturated heterocycles. The zero-order valence-electron chi connectivity index (χ0n) is 20.0. The summed E-state index contributed by atoms with van der Waals surface area (Å²) in [5.41, 5.74) is 6.07. The number of carbonyl (C=O) groups is 1. The van der Waals surface area contributed by atoms with Gasteiger partial charge in [-0.25, -0.2) is 14.6 Å². The number of methoxy groups -OCH3 is 1. The van der Waals surface area contributed by atoms with Crippen molar-refractivity contribution < 1.29 is 9.53 Å². The highest BCUT2D eigenvalue weighted by Gasteiger charge is 2.44. The Kier molecular flexibility index (Phi) is 4.95. The zero-order chi connectivity index (χ0) is 23.4. The number of nitrogens with zero attached hydrogens (tertiary/aromatic N) is 6. The fraction of sp³-hybridized carbons (Fsp3) is 0.462. The maximum Gasteiger partial charge on any atom is 0.257 e. The first kappa shape index (κ1) is 21.3. The SMILES string of the molecule is COc1ccc2c(c1)CCc1cnc(-n3ncc(C(=O)N4CCC5(CCN(C)C5)C4)c3C)nc1-2. The lowest BCUT2D eigenvalue weighted by atomic mass is 9.86. The van der Waals surface area contributed by atoms with E-state index in [9.17, 15) is 4.79 Å². The average molecular weight is 459 g/mol. The van der Waals surface area contributed by atoms with E-state index in [-0.39, 0.29) is 11.3 Å². The van der Waals surface area contributed by atoms with Gasteiger partial charge in [0.25, 0.3) is 11.9 Å². The van der Waals surface area contributed by atoms with Crippen LogP contribution in [0.4, 0.5) is 0 Å². The smallest absolute Gasteiger partial charge is 0.257 e. The van der Waals surface area contributed by atoms with Crippen LogP contribution in [0, 0.1) is 12.3 Å². The molecule has 0 radical (unpaired) electrons. The molecule has 8 nitrogen and oxygen atoms in total. The second kappa shape index (κ2) is 7.91. The Hall–Kier alpha value is -3.26. The van der Waals surface area contributed by atoms with E-state index in [0.29, 0.717) is 11.5 Å². The second-order valence-corrected chi connectivity index (χ2v) is 10.1. The van der Waals surface area contributed by atoms with Crippen molar-refractivity contribution in [3.63, 3.8) is 0 Å². The van der Waals surface area contributed by atoms with E-state index in [0.717, 1.165) is 73.7 Å². The molecule has 0 N–H and O–H groups in total. The number of benzene rings is 1. The number of likely N-dealkylation sites (tertiary alicyclic amines) is 2. The molecule has 1 unspecified atom stereocenters. The molecule has 1 atom stereocenters. The number of amides is 1. The average Bonchev–Trinajstić information content (AvgIpc) is 3.56. The van der Waals surface area contributed by atoms with Crippen LogP contribution in [0.2, 0.25) is 0 Å². The summed E-state index contributed by atoms with van der Waals surface area (Å²) >= 11 is 0. The summed E-state index contributed by atoms with van der Waals surface area (Å²) in [6.07, 6.45) is 7.65. The van der Waals surface area contributed by atoms with Gasteiger partial charge in [-0.15, -0.1) is 0 Å². The van der Waals surface area contributed by atoms with Crippen LogP contribution in [0.3, 0.4) is 0 Å². The molecule has 1 aromatic carbocycles. The lowest BCUT2D eigenvalue weighted by Gasteiger charge is -2.23. The molecule has 3 aliphatic rings. The molecule has 1 spiro atoms. The fourth-order valence-corrected chi connectivity index (χ4v) is 5.91. The minimum Gasteiger partial charge on any atom is -0.497 e. The van der Waals surface area contributed by atoms with Crippen molar-refractivity contribution in [3.05, 3.63) is 53.0 Å². The summed E-state index contributed by atoms with van der Waals surface area (Å²) in [7, 11) is 3.85. The van der Waals surface area contributed by atoms with Gasteiger partial charge in [0.1, 0.15) is 5.75 Å². The largest absolute Gasteiger partial charge is 0.497 e. The van der Waals surface area contributed by atoms with Crippen molar-refractivity contribution in [1.82, 2.24) is 29.5 Å². The minimum absolute atomic E-state index is 0.0607. The first-order valence-corrected chi connectivity index (χ1v) is 12.0. The van der Waals surface area contributed by atoms with Crippen molar-refractivity contribution >= 4 is 5.91 Å². The van der Waals surface area contributed by atoms with Crippen molar-refractivity contribution in [3.8, 4) is 23.0 Å². The normalized spacial score (nSPS) is 21.7. The van der Waals surface area contributed by atoms with Crippen LogP contribution < -0.4 is 4.74 Å². The lowest BCUT2D eigenvalue weighted by Crippen LogP contribution is -2.33. The number of carbonyl (C=O) groups excluding carboxylic acids is 1. The maximum absolute atomic E-state index is 13.4. The van der Waals surface area contributed by atoms with E-state index in [1.165, 1.54) is 12.0 Å². The van der Waals surface area contributed by atoms with Crippen LogP contribution in [-0.2, 0) is 12.8 Å². The maximum atomic E-state index is 13.4. The summed E-state index contributed by atoms with van der Waals surface area (Å²) in [5, 5.41) is 4.53. The third-order valence-corrected chi connectivity index (χ3v) is 7.87. The van der Waals surface area contributed by atoms with E-state index >= 15 is 0 Å². The van der Waals surface area contributed by atoms with Crippen LogP contribution in [0.1, 0.15) is 40.0 Å². The highest BCUT2D eigenvalue weighted by Crippen LogP contribution is 2.39. The van der Waals surface area contributed by atoms with Crippen LogP contribution in [0.25, 0.3) is 17.2 Å². The Morgan fingerprint density at radius 1 is 1.09 bits per heavy atom. The van der Waals surface area contributed by atoms with E-state index in [1.54, 1.807) is 18.0 Å². The molecule has 2 fully saturated rings. The third kappa shape index (κ3) is 3.39. The Morgan fingerprint density at radius 2 is 1.91 bits per heavy atom. The Balaban J connectivity index is 1.29. The molecule has 2 aliphatic heterocycles. The fourth-order valence-electron chi connectivity index (χ4n) is 5.91. The molecule has 3 aromatic rings. The van der Waals surface area contributed by atoms with Crippen LogP contribution in [-0.4, -0.2) is 75.8 Å². The van der Waals surface area contributed by atoms with Crippen molar-refractivity contribution in [2.24, 2.45) is 5.41 Å². The number of ether oxygens (including phenoxy) is 1. The second-order valence-electron chi connectivity index (χ2n) is 10.1. The zero-order valence-corrected chi connectivity index (χ0v) is 20.0. The molecule has 1 aliphatic carbocycles. The highest BCUT2D eigenvalue weighted by molar-refractivity contribution is 5.95. The van der Waals surface area contributed by atoms with Crippen LogP contribution in [0.5, 0.6) is 5.75 Å². The molecule has 34 heavy (non-hydrogen) atoms. The molecular formula is C26H30N6O2. The summed E-state index contributed by atoms with van der Waals surface area (Å²) in [6, 6.07) is 6.12. The van der Waals surface area contributed by atoms with Gasteiger partial charge in [0, 0.05) is 36.8 Å². The Morgan fingerprint density at radius 3 is 2.71 bits per heavy atom. The number of aromatic nitrogens is 4. The monoisotopic (exact) mass is 458 g/mol. The number of rotatable bonds is 3. The standard InChI is InChI=1S/C26H30N6O2/c1-17-22(24(33)31-11-9-26(16-31)8-10-30(2)15-26)14-28-32(17)25-27-13-19-5-4-18-12-20(34-3)6-7-21(18)23(19)29-25/h6-7,12-14H,4-5,8-11,15-16H2,1-3H3. The van der Waals surface area contributed by atoms with E-state index in [2.05, 4.69) is 34.2 Å². The van der Waals surface area contributed by atoms with Gasteiger partial charge in [0.2, 0.25) is 0 Å². The summed E-state index contributed by atoms with van der Waals surface area (Å²) < 4.78 is 7.09. The molecule has 176 valence electrons. The first-order chi connectivity index (χ1) is 16.5. The highest BCUT2D eigenvalue weighted by atomic mass is 16.5. The summed E-state index contributed by atoms with van der Waals surface area (Å²) in [5.74, 6) is 1.41. The predicted molar refractivity (Wildman–Crippen MR) is 128 cm³/mol. The Labute approximate surface area is 199 Å². The number of fused-ring (bicyclic) bond motifs is 3. The van der Waals surface area contributed by atoms with Gasteiger partial charge in [-0.1, -0.05) is 0 Å². The predicted octanol–water partition coefficient (Wildman–Crippen LogP) is 2.91.